The summed E-state index contributed by atoms with van der Waals surface area (Å²) in [4.78, 5) is 26.6. The molecule has 0 saturated heterocycles. The van der Waals surface area contributed by atoms with Crippen molar-refractivity contribution in [2.24, 2.45) is 0 Å². The zero-order valence-electron chi connectivity index (χ0n) is 14.9. The number of benzene rings is 2. The van der Waals surface area contributed by atoms with E-state index < -0.39 is 0 Å². The summed E-state index contributed by atoms with van der Waals surface area (Å²) in [6.07, 6.45) is 5.57. The topological polar surface area (TPSA) is 80.6 Å². The second-order valence-electron chi connectivity index (χ2n) is 5.72. The van der Waals surface area contributed by atoms with Crippen LogP contribution in [0.5, 0.6) is 0 Å². The van der Waals surface area contributed by atoms with E-state index in [0.29, 0.717) is 33.2 Å². The van der Waals surface area contributed by atoms with Crippen LogP contribution in [-0.2, 0) is 0 Å². The monoisotopic (exact) mass is 421 g/mol. The van der Waals surface area contributed by atoms with Gasteiger partial charge >= 0.3 is 0 Å². The van der Waals surface area contributed by atoms with E-state index in [2.05, 4.69) is 29.9 Å². The number of halogens is 2. The maximum Gasteiger partial charge on any atom is 0.240 e. The van der Waals surface area contributed by atoms with Crippen LogP contribution in [0.2, 0.25) is 5.02 Å². The minimum absolute atomic E-state index is 0.301. The van der Waals surface area contributed by atoms with Crippen LogP contribution in [0, 0.1) is 0 Å². The fourth-order valence-electron chi connectivity index (χ4n) is 2.70. The van der Waals surface area contributed by atoms with Crippen molar-refractivity contribution in [2.45, 2.75) is 0 Å². The molecule has 0 amide bonds. The van der Waals surface area contributed by atoms with Crippen LogP contribution in [-0.4, -0.2) is 29.9 Å². The van der Waals surface area contributed by atoms with E-state index in [9.17, 15) is 0 Å². The lowest BCUT2D eigenvalue weighted by Gasteiger charge is -2.25. The zero-order chi connectivity index (χ0) is 20.1. The van der Waals surface area contributed by atoms with Crippen LogP contribution < -0.4 is 4.90 Å². The van der Waals surface area contributed by atoms with Crippen molar-refractivity contribution in [2.75, 3.05) is 4.90 Å². The van der Waals surface area contributed by atoms with Crippen molar-refractivity contribution < 1.29 is 0 Å². The third-order valence-corrected chi connectivity index (χ3v) is 4.66. The first-order valence-corrected chi connectivity index (χ1v) is 9.25. The summed E-state index contributed by atoms with van der Waals surface area (Å²) in [6.45, 7) is 0. The van der Waals surface area contributed by atoms with Gasteiger partial charge in [0.05, 0.1) is 10.7 Å². The molecular formula is C20H13Cl2N7. The Kier molecular flexibility index (Phi) is 5.69. The lowest BCUT2D eigenvalue weighted by molar-refractivity contribution is 0.952. The highest BCUT2D eigenvalue weighted by atomic mass is 35.5. The van der Waals surface area contributed by atoms with Crippen molar-refractivity contribution in [3.8, 4) is 0 Å². The molecule has 7 nitrogen and oxygen atoms in total. The van der Waals surface area contributed by atoms with Gasteiger partial charge in [0, 0.05) is 16.1 Å². The molecule has 4 rings (SSSR count). The Morgan fingerprint density at radius 3 is 1.76 bits per heavy atom. The molecule has 0 radical (unpaired) electrons. The smallest absolute Gasteiger partial charge is 0.240 e. The molecule has 0 saturated carbocycles. The van der Waals surface area contributed by atoms with Crippen LogP contribution in [0.1, 0.15) is 11.1 Å². The Morgan fingerprint density at radius 1 is 0.690 bits per heavy atom. The summed E-state index contributed by atoms with van der Waals surface area (Å²) in [5, 5.41) is 0.903. The average Bonchev–Trinajstić information content (AvgIpc) is 2.79. The van der Waals surface area contributed by atoms with E-state index in [1.807, 2.05) is 48.5 Å². The van der Waals surface area contributed by atoms with Crippen molar-refractivity contribution in [3.63, 3.8) is 0 Å². The van der Waals surface area contributed by atoms with E-state index >= 15 is 0 Å². The fraction of sp³-hybridized carbons (Fsp3) is 0. The van der Waals surface area contributed by atoms with Crippen LogP contribution in [0.4, 0.5) is 11.9 Å². The van der Waals surface area contributed by atoms with Gasteiger partial charge in [0.15, 0.2) is 0 Å². The molecular weight excluding hydrogens is 409 g/mol. The number of nitrogens with zero attached hydrogens (tertiary/aromatic N) is 7. The van der Waals surface area contributed by atoms with Crippen LogP contribution in [0.25, 0.3) is 10.7 Å². The van der Waals surface area contributed by atoms with Gasteiger partial charge in [-0.1, -0.05) is 71.7 Å². The largest absolute Gasteiger partial charge is 0.244 e. The van der Waals surface area contributed by atoms with E-state index in [1.54, 1.807) is 11.0 Å². The number of aromatic nitrogens is 6. The second-order valence-corrected chi connectivity index (χ2v) is 6.51. The molecule has 2 aromatic carbocycles. The first kappa shape index (κ1) is 18.9. The molecule has 2 heterocycles. The first-order valence-electron chi connectivity index (χ1n) is 8.50. The van der Waals surface area contributed by atoms with Gasteiger partial charge in [-0.15, -0.1) is 0 Å². The van der Waals surface area contributed by atoms with Gasteiger partial charge < -0.3 is 0 Å². The zero-order valence-corrected chi connectivity index (χ0v) is 16.4. The number of anilines is 2. The Balaban J connectivity index is 2.03. The Bertz CT molecular complexity index is 1080. The minimum atomic E-state index is 0.301. The average molecular weight is 422 g/mol. The summed E-state index contributed by atoms with van der Waals surface area (Å²) in [5.74, 6) is 0.602. The van der Waals surface area contributed by atoms with E-state index in [1.165, 1.54) is 25.3 Å². The van der Waals surface area contributed by atoms with Crippen LogP contribution in [0.15, 0.2) is 79.9 Å². The molecule has 29 heavy (non-hydrogen) atoms. The molecule has 0 bridgehead atoms. The van der Waals surface area contributed by atoms with Gasteiger partial charge in [0.25, 0.3) is 0 Å². The summed E-state index contributed by atoms with van der Waals surface area (Å²) < 4.78 is 0. The van der Waals surface area contributed by atoms with Crippen molar-refractivity contribution in [1.29, 1.82) is 0 Å². The second kappa shape index (κ2) is 8.72. The third-order valence-electron chi connectivity index (χ3n) is 3.95. The molecule has 0 aliphatic heterocycles. The molecule has 0 aliphatic carbocycles. The molecule has 0 aliphatic rings. The van der Waals surface area contributed by atoms with Gasteiger partial charge in [-0.25, -0.2) is 34.8 Å². The molecule has 9 heteroatoms. The standard InChI is InChI=1S/C20H13Cl2N7/c21-16-9-5-4-8-15(16)17(22)18(14-6-2-1-3-7-14)29(19-25-10-23-11-26-19)20-27-12-24-13-28-20/h1-13H. The van der Waals surface area contributed by atoms with Gasteiger partial charge in [-0.2, -0.15) is 0 Å². The lowest BCUT2D eigenvalue weighted by Crippen LogP contribution is -2.21. The molecule has 4 aromatic rings. The Hall–Kier alpha value is -3.42. The van der Waals surface area contributed by atoms with E-state index in [4.69, 9.17) is 23.2 Å². The number of hydrogen-bond donors (Lipinski definition) is 0. The van der Waals surface area contributed by atoms with Gasteiger partial charge in [-0.3, -0.25) is 0 Å². The SMILES string of the molecule is ClC(=C(c1ccccc1)N(c1ncncn1)c1ncncn1)c1ccccc1Cl. The first-order chi connectivity index (χ1) is 14.3. The summed E-state index contributed by atoms with van der Waals surface area (Å²) in [7, 11) is 0. The van der Waals surface area contributed by atoms with Crippen molar-refractivity contribution in [1.82, 2.24) is 29.9 Å². The fourth-order valence-corrected chi connectivity index (χ4v) is 3.34. The molecule has 0 unspecified atom stereocenters. The molecule has 142 valence electrons. The van der Waals surface area contributed by atoms with Gasteiger partial charge in [0.2, 0.25) is 11.9 Å². The molecule has 0 atom stereocenters. The number of rotatable bonds is 5. The highest BCUT2D eigenvalue weighted by Gasteiger charge is 2.25. The predicted molar refractivity (Wildman–Crippen MR) is 112 cm³/mol. The summed E-state index contributed by atoms with van der Waals surface area (Å²) in [6, 6.07) is 16.9. The summed E-state index contributed by atoms with van der Waals surface area (Å²) >= 11 is 13.3. The quantitative estimate of drug-likeness (QED) is 0.435. The highest BCUT2D eigenvalue weighted by Crippen LogP contribution is 2.39. The van der Waals surface area contributed by atoms with E-state index in [0.717, 1.165) is 5.56 Å². The normalized spacial score (nSPS) is 11.7. The van der Waals surface area contributed by atoms with Gasteiger partial charge in [0.1, 0.15) is 25.3 Å². The van der Waals surface area contributed by atoms with Gasteiger partial charge in [-0.05, 0) is 6.07 Å². The molecule has 0 N–H and O–H groups in total. The molecule has 0 fully saturated rings. The minimum Gasteiger partial charge on any atom is -0.244 e. The third kappa shape index (κ3) is 4.06. The van der Waals surface area contributed by atoms with Crippen LogP contribution in [0.3, 0.4) is 0 Å². The van der Waals surface area contributed by atoms with Crippen molar-refractivity contribution in [3.05, 3.63) is 96.1 Å². The molecule has 0 spiro atoms. The predicted octanol–water partition coefficient (Wildman–Crippen LogP) is 4.61. The maximum atomic E-state index is 6.92. The lowest BCUT2D eigenvalue weighted by atomic mass is 10.1. The number of hydrogen-bond acceptors (Lipinski definition) is 7. The van der Waals surface area contributed by atoms with E-state index in [-0.39, 0.29) is 0 Å². The Labute approximate surface area is 176 Å². The summed E-state index contributed by atoms with van der Waals surface area (Å²) in [5.41, 5.74) is 2.03. The van der Waals surface area contributed by atoms with Crippen molar-refractivity contribution >= 4 is 45.8 Å². The Morgan fingerprint density at radius 2 is 1.21 bits per heavy atom. The molecule has 2 aromatic heterocycles. The maximum absolute atomic E-state index is 6.92. The van der Waals surface area contributed by atoms with Crippen LogP contribution >= 0.6 is 23.2 Å². The highest BCUT2D eigenvalue weighted by molar-refractivity contribution is 6.54.